The first-order valence-electron chi connectivity index (χ1n) is 12.5. The van der Waals surface area contributed by atoms with Crippen molar-refractivity contribution in [2.24, 2.45) is 0 Å². The van der Waals surface area contributed by atoms with Crippen LogP contribution in [-0.2, 0) is 41.5 Å². The van der Waals surface area contributed by atoms with Crippen LogP contribution in [0, 0.1) is 12.1 Å². The molecule has 0 heterocycles. The molecule has 2 aliphatic carbocycles. The molecular weight excluding hydrogens is 575 g/mol. The van der Waals surface area contributed by atoms with Crippen LogP contribution in [0.3, 0.4) is 0 Å². The average Bonchev–Trinajstić information content (AvgIpc) is 3.33. The summed E-state index contributed by atoms with van der Waals surface area (Å²) < 4.78 is 1.51. The average molecular weight is 619 g/mol. The van der Waals surface area contributed by atoms with E-state index < -0.39 is 8.07 Å². The Kier molecular flexibility index (Phi) is 13.8. The first kappa shape index (κ1) is 35.5. The molecule has 4 heteroatoms. The molecule has 2 aliphatic rings. The number of rotatable bonds is 1. The zero-order chi connectivity index (χ0) is 25.9. The summed E-state index contributed by atoms with van der Waals surface area (Å²) in [6.07, 6.45) is 9.72. The number of hydrogen-bond acceptors (Lipinski definition) is 0. The molecule has 2 aromatic rings. The molecule has 0 saturated heterocycles. The summed E-state index contributed by atoms with van der Waals surface area (Å²) in [5.74, 6) is 0. The van der Waals surface area contributed by atoms with E-state index in [2.05, 4.69) is 130 Å². The minimum Gasteiger partial charge on any atom is -1.00 e. The van der Waals surface area contributed by atoms with Gasteiger partial charge in [-0.1, -0.05) is 95.9 Å². The van der Waals surface area contributed by atoms with Gasteiger partial charge >= 0.3 is 41.3 Å². The van der Waals surface area contributed by atoms with Gasteiger partial charge in [0.1, 0.15) is 0 Å². The monoisotopic (exact) mass is 616 g/mol. The van der Waals surface area contributed by atoms with Crippen LogP contribution >= 0.6 is 0 Å². The minimum atomic E-state index is -0.981. The SMILES string of the molecule is CC(C)(C)c1c[c-]c2c(c1)-c1cc(C(C)(C)C)ccc1C2.C[C](C)=[Zr+2].C[Si](C)(C)C1=CC[C-]=C1.[Cl-].[Cl-]. The molecule has 2 aromatic carbocycles. The van der Waals surface area contributed by atoms with E-state index in [1.165, 1.54) is 36.6 Å². The number of hydrogen-bond donors (Lipinski definition) is 0. The Morgan fingerprint density at radius 3 is 1.81 bits per heavy atom. The van der Waals surface area contributed by atoms with E-state index in [0.717, 1.165) is 12.8 Å². The molecule has 0 unspecified atom stereocenters. The first-order chi connectivity index (χ1) is 15.5. The van der Waals surface area contributed by atoms with Crippen molar-refractivity contribution in [2.45, 2.75) is 98.7 Å². The normalized spacial score (nSPS) is 13.5. The topological polar surface area (TPSA) is 0 Å². The third kappa shape index (κ3) is 10.3. The van der Waals surface area contributed by atoms with Gasteiger partial charge in [0.05, 0.1) is 0 Å². The summed E-state index contributed by atoms with van der Waals surface area (Å²) in [4.78, 5) is 0. The maximum absolute atomic E-state index is 3.53. The number of benzene rings is 2. The van der Waals surface area contributed by atoms with Crippen LogP contribution < -0.4 is 24.8 Å². The van der Waals surface area contributed by atoms with Crippen LogP contribution in [0.5, 0.6) is 0 Å². The second kappa shape index (κ2) is 14.0. The van der Waals surface area contributed by atoms with Gasteiger partial charge in [-0.15, -0.1) is 12.0 Å². The van der Waals surface area contributed by atoms with Crippen LogP contribution in [0.25, 0.3) is 11.1 Å². The smallest absolute Gasteiger partial charge is 0.0114 e. The van der Waals surface area contributed by atoms with Gasteiger partial charge in [0.15, 0.2) is 0 Å². The summed E-state index contributed by atoms with van der Waals surface area (Å²) in [6, 6.07) is 15.1. The van der Waals surface area contributed by atoms with E-state index >= 15 is 0 Å². The van der Waals surface area contributed by atoms with Gasteiger partial charge in [-0.25, -0.2) is 11.3 Å². The van der Waals surface area contributed by atoms with Gasteiger partial charge in [-0.2, -0.15) is 35.4 Å². The molecule has 0 bridgehead atoms. The van der Waals surface area contributed by atoms with Crippen molar-refractivity contribution >= 4 is 11.3 Å². The van der Waals surface area contributed by atoms with Crippen LogP contribution in [-0.4, -0.2) is 11.3 Å². The van der Waals surface area contributed by atoms with E-state index in [9.17, 15) is 0 Å². The summed E-state index contributed by atoms with van der Waals surface area (Å²) in [6.45, 7) is 25.0. The third-order valence-electron chi connectivity index (χ3n) is 6.09. The Morgan fingerprint density at radius 2 is 1.39 bits per heavy atom. The predicted octanol–water partition coefficient (Wildman–Crippen LogP) is 2.96. The molecule has 4 rings (SSSR count). The fraction of sp³-hybridized carbons (Fsp3) is 0.469. The molecule has 0 spiro atoms. The van der Waals surface area contributed by atoms with Gasteiger partial charge in [-0.3, -0.25) is 6.08 Å². The molecule has 0 aromatic heterocycles. The zero-order valence-electron chi connectivity index (χ0n) is 24.2. The largest absolute Gasteiger partial charge is 1.00 e. The number of fused-ring (bicyclic) bond motifs is 3. The van der Waals surface area contributed by atoms with Gasteiger partial charge in [0.2, 0.25) is 0 Å². The van der Waals surface area contributed by atoms with Gasteiger partial charge in [-0.05, 0) is 25.5 Å². The minimum absolute atomic E-state index is 0. The molecule has 0 radical (unpaired) electrons. The van der Waals surface area contributed by atoms with E-state index in [0.29, 0.717) is 0 Å². The molecule has 0 atom stereocenters. The van der Waals surface area contributed by atoms with Crippen molar-refractivity contribution in [2.75, 3.05) is 0 Å². The van der Waals surface area contributed by atoms with Crippen LogP contribution in [0.2, 0.25) is 19.6 Å². The second-order valence-electron chi connectivity index (χ2n) is 12.8. The Bertz CT molecular complexity index is 1030. The van der Waals surface area contributed by atoms with Crippen molar-refractivity contribution in [1.82, 2.24) is 0 Å². The fourth-order valence-electron chi connectivity index (χ4n) is 3.90. The third-order valence-corrected chi connectivity index (χ3v) is 8.17. The molecule has 0 fully saturated rings. The maximum Gasteiger partial charge on any atom is -0.0114 e. The van der Waals surface area contributed by atoms with Crippen LogP contribution in [0.15, 0.2) is 47.7 Å². The predicted molar refractivity (Wildman–Crippen MR) is 151 cm³/mol. The van der Waals surface area contributed by atoms with E-state index in [1.54, 1.807) is 29.4 Å². The maximum atomic E-state index is 3.53. The van der Waals surface area contributed by atoms with E-state index in [4.69, 9.17) is 0 Å². The Labute approximate surface area is 250 Å². The van der Waals surface area contributed by atoms with Crippen LogP contribution in [0.4, 0.5) is 0 Å². The first-order valence-corrected chi connectivity index (χ1v) is 17.2. The molecular formula is C32H44Cl2SiZr-2. The standard InChI is InChI=1S/C21H25.C8H13Si.C3H6.2ClH.Zr/c1-20(2,3)16-9-7-14-11-15-8-10-17(21(4,5)6)13-19(15)18(14)12-16;1-9(2,3)8-6-4-5-7-8;1-3-2;;;/h7,9-10,12-13H,11H2,1-6H3;6-7H,4H2,1-3H3;1-2H3;2*1H;/q2*-1;;;;+2/p-2. The quantitative estimate of drug-likeness (QED) is 0.291. The summed E-state index contributed by atoms with van der Waals surface area (Å²) in [5, 5.41) is 1.56. The number of halogens is 2. The van der Waals surface area contributed by atoms with Crippen LogP contribution in [0.1, 0.15) is 84.1 Å². The van der Waals surface area contributed by atoms with Crippen molar-refractivity contribution in [3.63, 3.8) is 0 Å². The molecule has 196 valence electrons. The zero-order valence-corrected chi connectivity index (χ0v) is 29.2. The Hall–Kier alpha value is -0.530. The second-order valence-corrected chi connectivity index (χ2v) is 20.3. The number of allylic oxidation sites excluding steroid dienone is 4. The summed E-state index contributed by atoms with van der Waals surface area (Å²) >= 11 is 1.55. The molecule has 0 saturated carbocycles. The van der Waals surface area contributed by atoms with Crippen molar-refractivity contribution in [3.05, 3.63) is 82.1 Å². The fourth-order valence-corrected chi connectivity index (χ4v) is 5.15. The molecule has 0 nitrogen and oxygen atoms in total. The van der Waals surface area contributed by atoms with Crippen molar-refractivity contribution in [1.29, 1.82) is 0 Å². The van der Waals surface area contributed by atoms with Gasteiger partial charge < -0.3 is 24.8 Å². The van der Waals surface area contributed by atoms with Gasteiger partial charge in [0.25, 0.3) is 0 Å². The molecule has 0 N–H and O–H groups in total. The molecule has 0 amide bonds. The summed E-state index contributed by atoms with van der Waals surface area (Å²) in [7, 11) is -0.981. The van der Waals surface area contributed by atoms with Crippen molar-refractivity contribution in [3.8, 4) is 11.1 Å². The molecule has 0 aliphatic heterocycles. The Balaban J connectivity index is 0.000000686. The van der Waals surface area contributed by atoms with E-state index in [-0.39, 0.29) is 35.6 Å². The van der Waals surface area contributed by atoms with Crippen molar-refractivity contribution < 1.29 is 49.0 Å². The Morgan fingerprint density at radius 1 is 0.861 bits per heavy atom. The van der Waals surface area contributed by atoms with E-state index in [1.807, 2.05) is 0 Å². The molecule has 36 heavy (non-hydrogen) atoms. The summed E-state index contributed by atoms with van der Waals surface area (Å²) in [5.41, 5.74) is 8.76. The van der Waals surface area contributed by atoms with Gasteiger partial charge in [0, 0.05) is 0 Å².